The molecule has 0 aliphatic rings. The highest BCUT2D eigenvalue weighted by Crippen LogP contribution is 2.31. The van der Waals surface area contributed by atoms with Crippen LogP contribution in [0.25, 0.3) is 22.3 Å². The fraction of sp³-hybridized carbons (Fsp3) is 0.182. The summed E-state index contributed by atoms with van der Waals surface area (Å²) in [6.45, 7) is 6.19. The van der Waals surface area contributed by atoms with Crippen LogP contribution in [0, 0.1) is 0 Å². The number of hydrogen-bond donors (Lipinski definition) is 0. The maximum Gasteiger partial charge on any atom is 0.113 e. The van der Waals surface area contributed by atoms with Gasteiger partial charge in [-0.3, -0.25) is 0 Å². The van der Waals surface area contributed by atoms with E-state index in [0.717, 1.165) is 5.56 Å². The van der Waals surface area contributed by atoms with E-state index in [-0.39, 0.29) is 60.0 Å². The van der Waals surface area contributed by atoms with Crippen LogP contribution >= 0.6 is 0 Å². The molecule has 3 rings (SSSR count). The third kappa shape index (κ3) is 4.04. The fourth-order valence-corrected chi connectivity index (χ4v) is 3.67. The third-order valence-electron chi connectivity index (χ3n) is 5.78. The smallest absolute Gasteiger partial charge is 0.112 e. The summed E-state index contributed by atoms with van der Waals surface area (Å²) < 4.78 is 0. The largest absolute Gasteiger partial charge is 0.113 e. The first-order chi connectivity index (χ1) is 14.7. The van der Waals surface area contributed by atoms with Gasteiger partial charge < -0.3 is 0 Å². The molecule has 0 unspecified atom stereocenters. The highest BCUT2D eigenvalue weighted by Gasteiger charge is 2.21. The Balaban J connectivity index is 2.47. The van der Waals surface area contributed by atoms with Crippen molar-refractivity contribution in [3.05, 3.63) is 23.8 Å². The van der Waals surface area contributed by atoms with Gasteiger partial charge in [-0.1, -0.05) is 54.8 Å². The average Bonchev–Trinajstić information content (AvgIpc) is 2.73. The van der Waals surface area contributed by atoms with Gasteiger partial charge in [-0.2, -0.15) is 0 Å². The molecule has 130 valence electrons. The minimum absolute atomic E-state index is 0.142. The van der Waals surface area contributed by atoms with Crippen LogP contribution < -0.4 is 54.6 Å². The molecule has 0 amide bonds. The standard InChI is InChI=1S/C22H12B10/c1-22(2,3)9-5-7(10-12(23)16(27)20(31)17(28)13(10)24)4-8(6-9)11-14(25)18(29)21(32)19(30)15(11)26/h4-6H,1-3H3. The van der Waals surface area contributed by atoms with Gasteiger partial charge in [0.1, 0.15) is 78.5 Å². The highest BCUT2D eigenvalue weighted by molar-refractivity contribution is 6.70. The van der Waals surface area contributed by atoms with Crippen molar-refractivity contribution in [2.75, 3.05) is 0 Å². The molecule has 0 fully saturated rings. The van der Waals surface area contributed by atoms with E-state index in [2.05, 4.69) is 20.8 Å². The summed E-state index contributed by atoms with van der Waals surface area (Å²) in [7, 11) is 61.5. The molecule has 0 aliphatic heterocycles. The summed E-state index contributed by atoms with van der Waals surface area (Å²) in [5.74, 6) is 0. The Bertz CT molecular complexity index is 1110. The second-order valence-corrected chi connectivity index (χ2v) is 8.94. The summed E-state index contributed by atoms with van der Waals surface area (Å²) in [4.78, 5) is 0. The Morgan fingerprint density at radius 1 is 0.406 bits per heavy atom. The molecule has 0 spiro atoms. The Kier molecular flexibility index (Phi) is 6.69. The number of rotatable bonds is 2. The lowest BCUT2D eigenvalue weighted by molar-refractivity contribution is 0.591. The lowest BCUT2D eigenvalue weighted by Crippen LogP contribution is -2.55. The van der Waals surface area contributed by atoms with Crippen molar-refractivity contribution in [2.24, 2.45) is 0 Å². The van der Waals surface area contributed by atoms with Gasteiger partial charge in [0.25, 0.3) is 0 Å². The molecule has 0 atom stereocenters. The first-order valence-electron chi connectivity index (χ1n) is 9.87. The lowest BCUT2D eigenvalue weighted by atomic mass is 9.59. The van der Waals surface area contributed by atoms with Gasteiger partial charge in [0.05, 0.1) is 0 Å². The first-order valence-corrected chi connectivity index (χ1v) is 9.87. The fourth-order valence-electron chi connectivity index (χ4n) is 3.67. The van der Waals surface area contributed by atoms with E-state index in [4.69, 9.17) is 78.5 Å². The second-order valence-electron chi connectivity index (χ2n) is 8.94. The van der Waals surface area contributed by atoms with Crippen LogP contribution in [0.3, 0.4) is 0 Å². The Labute approximate surface area is 205 Å². The zero-order valence-corrected chi connectivity index (χ0v) is 18.5. The molecular weight excluding hydrogens is 372 g/mol. The molecule has 20 radical (unpaired) electrons. The van der Waals surface area contributed by atoms with Gasteiger partial charge in [0.2, 0.25) is 0 Å². The molecule has 0 aliphatic carbocycles. The van der Waals surface area contributed by atoms with Crippen LogP contribution in [0.4, 0.5) is 0 Å². The van der Waals surface area contributed by atoms with Gasteiger partial charge in [0, 0.05) is 0 Å². The monoisotopic (exact) mass is 386 g/mol. The minimum Gasteiger partial charge on any atom is -0.112 e. The molecule has 0 nitrogen and oxygen atoms in total. The van der Waals surface area contributed by atoms with Crippen molar-refractivity contribution in [2.45, 2.75) is 26.2 Å². The molecular formula is C22H12B10. The molecule has 0 bridgehead atoms. The van der Waals surface area contributed by atoms with Gasteiger partial charge in [0.15, 0.2) is 0 Å². The molecule has 0 saturated carbocycles. The zero-order chi connectivity index (χ0) is 24.3. The Hall–Kier alpha value is -1.69. The Morgan fingerprint density at radius 3 is 0.906 bits per heavy atom. The summed E-state index contributed by atoms with van der Waals surface area (Å²) >= 11 is 0. The van der Waals surface area contributed by atoms with Gasteiger partial charge in [-0.05, 0) is 39.3 Å². The van der Waals surface area contributed by atoms with Crippen molar-refractivity contribution in [3.8, 4) is 22.3 Å². The summed E-state index contributed by atoms with van der Waals surface area (Å²) in [5.41, 5.74) is 4.78. The highest BCUT2D eigenvalue weighted by atomic mass is 14.2. The van der Waals surface area contributed by atoms with E-state index in [1.807, 2.05) is 18.2 Å². The lowest BCUT2D eigenvalue weighted by Gasteiger charge is -2.27. The van der Waals surface area contributed by atoms with Crippen LogP contribution in [-0.2, 0) is 5.41 Å². The van der Waals surface area contributed by atoms with Crippen LogP contribution in [-0.4, -0.2) is 78.5 Å². The second kappa shape index (κ2) is 8.58. The van der Waals surface area contributed by atoms with Gasteiger partial charge in [-0.15, -0.1) is 32.8 Å². The normalized spacial score (nSPS) is 11.6. The molecule has 10 heteroatoms. The first kappa shape index (κ1) is 24.9. The molecule has 3 aromatic carbocycles. The zero-order valence-electron chi connectivity index (χ0n) is 18.5. The van der Waals surface area contributed by atoms with Gasteiger partial charge in [-0.25, -0.2) is 0 Å². The van der Waals surface area contributed by atoms with Crippen LogP contribution in [0.2, 0.25) is 0 Å². The SMILES string of the molecule is [B]c1c([B])c([B])c(-c2cc(-c3c([B])c([B])c([B])c([B])c3[B])cc(C(C)(C)C)c2)c([B])c1[B]. The van der Waals surface area contributed by atoms with Crippen LogP contribution in [0.15, 0.2) is 18.2 Å². The topological polar surface area (TPSA) is 0 Å². The molecule has 0 heterocycles. The minimum atomic E-state index is -0.256. The quantitative estimate of drug-likeness (QED) is 0.387. The van der Waals surface area contributed by atoms with Crippen molar-refractivity contribution in [1.29, 1.82) is 0 Å². The van der Waals surface area contributed by atoms with Crippen molar-refractivity contribution in [1.82, 2.24) is 0 Å². The van der Waals surface area contributed by atoms with Crippen molar-refractivity contribution >= 4 is 133 Å². The molecule has 32 heavy (non-hydrogen) atoms. The molecule has 0 N–H and O–H groups in total. The van der Waals surface area contributed by atoms with Crippen molar-refractivity contribution in [3.63, 3.8) is 0 Å². The van der Waals surface area contributed by atoms with E-state index in [9.17, 15) is 0 Å². The van der Waals surface area contributed by atoms with E-state index in [0.29, 0.717) is 22.3 Å². The summed E-state index contributed by atoms with van der Waals surface area (Å²) in [6, 6.07) is 5.73. The van der Waals surface area contributed by atoms with E-state index < -0.39 is 0 Å². The molecule has 0 aromatic heterocycles. The summed E-state index contributed by atoms with van der Waals surface area (Å²) in [6.07, 6.45) is 0. The van der Waals surface area contributed by atoms with E-state index in [1.165, 1.54) is 0 Å². The predicted molar refractivity (Wildman–Crippen MR) is 150 cm³/mol. The third-order valence-corrected chi connectivity index (χ3v) is 5.78. The van der Waals surface area contributed by atoms with E-state index in [1.54, 1.807) is 0 Å². The maximum atomic E-state index is 6.31. The average molecular weight is 384 g/mol. The molecule has 3 aromatic rings. The Morgan fingerprint density at radius 2 is 0.656 bits per heavy atom. The predicted octanol–water partition coefficient (Wildman–Crippen LogP) is -5.74. The van der Waals surface area contributed by atoms with Crippen LogP contribution in [0.5, 0.6) is 0 Å². The number of hydrogen-bond acceptors (Lipinski definition) is 0. The van der Waals surface area contributed by atoms with Gasteiger partial charge >= 0.3 is 0 Å². The number of benzene rings is 3. The van der Waals surface area contributed by atoms with E-state index >= 15 is 0 Å². The van der Waals surface area contributed by atoms with Crippen molar-refractivity contribution < 1.29 is 0 Å². The van der Waals surface area contributed by atoms with Crippen LogP contribution in [0.1, 0.15) is 26.3 Å². The summed E-state index contributed by atoms with van der Waals surface area (Å²) in [5, 5.41) is 0. The maximum absolute atomic E-state index is 6.31. The molecule has 0 saturated heterocycles.